The average molecular weight is 353 g/mol. The van der Waals surface area contributed by atoms with Crippen molar-refractivity contribution >= 4 is 17.0 Å². The van der Waals surface area contributed by atoms with Crippen molar-refractivity contribution in [3.8, 4) is 11.4 Å². The van der Waals surface area contributed by atoms with Crippen molar-refractivity contribution in [3.63, 3.8) is 0 Å². The van der Waals surface area contributed by atoms with E-state index in [0.29, 0.717) is 0 Å². The van der Waals surface area contributed by atoms with Crippen molar-refractivity contribution in [1.29, 1.82) is 0 Å². The van der Waals surface area contributed by atoms with Gasteiger partial charge in [-0.05, 0) is 41.3 Å². The number of aromatic hydroxyl groups is 1. The van der Waals surface area contributed by atoms with Crippen LogP contribution in [0.2, 0.25) is 0 Å². The zero-order valence-electron chi connectivity index (χ0n) is 15.4. The summed E-state index contributed by atoms with van der Waals surface area (Å²) in [6.45, 7) is 6.17. The highest BCUT2D eigenvalue weighted by Gasteiger charge is 2.32. The highest BCUT2D eigenvalue weighted by Crippen LogP contribution is 2.41. The molecule has 3 rings (SSSR count). The standard InChI is InChI=1S/C20H23N3O3/c1-20(2,3)15(12-19(25)26-4)14-11-13(24)9-10-18(14)23-21-16-7-5-6-8-17(16)22-23/h5-11,15,24H,12H2,1-4H3. The summed E-state index contributed by atoms with van der Waals surface area (Å²) in [4.78, 5) is 13.6. The summed E-state index contributed by atoms with van der Waals surface area (Å²) in [5.74, 6) is -0.330. The van der Waals surface area contributed by atoms with E-state index in [9.17, 15) is 9.90 Å². The number of methoxy groups -OCH3 is 1. The van der Waals surface area contributed by atoms with E-state index in [1.165, 1.54) is 7.11 Å². The van der Waals surface area contributed by atoms with Crippen LogP contribution in [0.25, 0.3) is 16.7 Å². The lowest BCUT2D eigenvalue weighted by atomic mass is 9.74. The Hall–Kier alpha value is -2.89. The third kappa shape index (κ3) is 3.54. The number of carbonyl (C=O) groups is 1. The Bertz CT molecular complexity index is 908. The van der Waals surface area contributed by atoms with Gasteiger partial charge in [-0.2, -0.15) is 4.80 Å². The van der Waals surface area contributed by atoms with Gasteiger partial charge in [0.05, 0.1) is 19.2 Å². The molecule has 0 fully saturated rings. The molecule has 0 bridgehead atoms. The van der Waals surface area contributed by atoms with E-state index in [4.69, 9.17) is 4.74 Å². The molecule has 136 valence electrons. The molecule has 3 aromatic rings. The minimum absolute atomic E-state index is 0.138. The quantitative estimate of drug-likeness (QED) is 0.722. The summed E-state index contributed by atoms with van der Waals surface area (Å²) in [5, 5.41) is 19.2. The Labute approximate surface area is 152 Å². The molecule has 26 heavy (non-hydrogen) atoms. The fourth-order valence-electron chi connectivity index (χ4n) is 3.10. The molecule has 1 atom stereocenters. The molecule has 0 aliphatic rings. The molecule has 0 aliphatic heterocycles. The maximum absolute atomic E-state index is 12.0. The number of benzene rings is 2. The zero-order valence-corrected chi connectivity index (χ0v) is 15.4. The van der Waals surface area contributed by atoms with Crippen LogP contribution in [0.1, 0.15) is 38.7 Å². The van der Waals surface area contributed by atoms with Crippen LogP contribution in [0.3, 0.4) is 0 Å². The molecule has 0 radical (unpaired) electrons. The van der Waals surface area contributed by atoms with Crippen molar-refractivity contribution in [3.05, 3.63) is 48.0 Å². The lowest BCUT2D eigenvalue weighted by Crippen LogP contribution is -2.24. The van der Waals surface area contributed by atoms with E-state index in [1.807, 2.05) is 24.3 Å². The molecule has 6 nitrogen and oxygen atoms in total. The molecule has 0 saturated carbocycles. The van der Waals surface area contributed by atoms with Gasteiger partial charge in [-0.15, -0.1) is 10.2 Å². The van der Waals surface area contributed by atoms with E-state index in [-0.39, 0.29) is 29.5 Å². The third-order valence-corrected chi connectivity index (χ3v) is 4.53. The van der Waals surface area contributed by atoms with Crippen LogP contribution < -0.4 is 0 Å². The minimum atomic E-state index is -0.294. The van der Waals surface area contributed by atoms with Crippen molar-refractivity contribution in [2.45, 2.75) is 33.1 Å². The van der Waals surface area contributed by atoms with Gasteiger partial charge in [-0.25, -0.2) is 0 Å². The summed E-state index contributed by atoms with van der Waals surface area (Å²) < 4.78 is 4.88. The normalized spacial score (nSPS) is 12.9. The van der Waals surface area contributed by atoms with E-state index < -0.39 is 0 Å². The van der Waals surface area contributed by atoms with Gasteiger partial charge in [-0.3, -0.25) is 4.79 Å². The summed E-state index contributed by atoms with van der Waals surface area (Å²) in [6, 6.07) is 12.7. The molecule has 0 aliphatic carbocycles. The second-order valence-corrected chi connectivity index (χ2v) is 7.42. The van der Waals surface area contributed by atoms with Gasteiger partial charge < -0.3 is 9.84 Å². The Morgan fingerprint density at radius 1 is 1.15 bits per heavy atom. The van der Waals surface area contributed by atoms with Gasteiger partial charge in [0, 0.05) is 5.92 Å². The maximum Gasteiger partial charge on any atom is 0.306 e. The fourth-order valence-corrected chi connectivity index (χ4v) is 3.10. The Balaban J connectivity index is 2.16. The largest absolute Gasteiger partial charge is 0.508 e. The van der Waals surface area contributed by atoms with Crippen LogP contribution in [0.4, 0.5) is 0 Å². The first kappa shape index (κ1) is 17.9. The maximum atomic E-state index is 12.0. The number of nitrogens with zero attached hydrogens (tertiary/aromatic N) is 3. The fraction of sp³-hybridized carbons (Fsp3) is 0.350. The Kier molecular flexibility index (Phi) is 4.68. The van der Waals surface area contributed by atoms with Gasteiger partial charge in [0.1, 0.15) is 16.8 Å². The molecule has 2 aromatic carbocycles. The van der Waals surface area contributed by atoms with Crippen LogP contribution in [0, 0.1) is 5.41 Å². The average Bonchev–Trinajstić information content (AvgIpc) is 3.02. The van der Waals surface area contributed by atoms with Gasteiger partial charge >= 0.3 is 5.97 Å². The lowest BCUT2D eigenvalue weighted by Gasteiger charge is -2.31. The molecular formula is C20H23N3O3. The third-order valence-electron chi connectivity index (χ3n) is 4.53. The number of phenolic OH excluding ortho intramolecular Hbond substituents is 1. The summed E-state index contributed by atoms with van der Waals surface area (Å²) in [7, 11) is 1.38. The van der Waals surface area contributed by atoms with E-state index in [2.05, 4.69) is 31.0 Å². The van der Waals surface area contributed by atoms with Crippen molar-refractivity contribution in [2.75, 3.05) is 7.11 Å². The van der Waals surface area contributed by atoms with Crippen LogP contribution >= 0.6 is 0 Å². The summed E-state index contributed by atoms with van der Waals surface area (Å²) in [5.41, 5.74) is 2.88. The topological polar surface area (TPSA) is 77.2 Å². The van der Waals surface area contributed by atoms with Crippen molar-refractivity contribution < 1.29 is 14.6 Å². The first-order chi connectivity index (χ1) is 12.3. The summed E-state index contributed by atoms with van der Waals surface area (Å²) >= 11 is 0. The zero-order chi connectivity index (χ0) is 18.9. The lowest BCUT2D eigenvalue weighted by molar-refractivity contribution is -0.141. The number of ether oxygens (including phenoxy) is 1. The van der Waals surface area contributed by atoms with Gasteiger partial charge in [0.2, 0.25) is 0 Å². The first-order valence-electron chi connectivity index (χ1n) is 8.52. The highest BCUT2D eigenvalue weighted by molar-refractivity contribution is 5.74. The molecule has 0 amide bonds. The van der Waals surface area contributed by atoms with Gasteiger partial charge in [0.15, 0.2) is 0 Å². The smallest absolute Gasteiger partial charge is 0.306 e. The Morgan fingerprint density at radius 3 is 2.31 bits per heavy atom. The number of carbonyl (C=O) groups excluding carboxylic acids is 1. The van der Waals surface area contributed by atoms with Gasteiger partial charge in [-0.1, -0.05) is 32.9 Å². The molecule has 0 spiro atoms. The van der Waals surface area contributed by atoms with Crippen molar-refractivity contribution in [2.24, 2.45) is 5.41 Å². The van der Waals surface area contributed by atoms with Crippen LogP contribution in [0.15, 0.2) is 42.5 Å². The molecule has 1 N–H and O–H groups in total. The number of hydrogen-bond donors (Lipinski definition) is 1. The van der Waals surface area contributed by atoms with Crippen LogP contribution in [-0.2, 0) is 9.53 Å². The molecular weight excluding hydrogens is 330 g/mol. The predicted octanol–water partition coefficient (Wildman–Crippen LogP) is 3.82. The van der Waals surface area contributed by atoms with Crippen molar-refractivity contribution in [1.82, 2.24) is 15.0 Å². The number of hydrogen-bond acceptors (Lipinski definition) is 5. The Morgan fingerprint density at radius 2 is 1.77 bits per heavy atom. The molecule has 0 saturated heterocycles. The summed E-state index contributed by atoms with van der Waals surface area (Å²) in [6.07, 6.45) is 0.206. The van der Waals surface area contributed by atoms with E-state index >= 15 is 0 Å². The van der Waals surface area contributed by atoms with Crippen LogP contribution in [0.5, 0.6) is 5.75 Å². The number of esters is 1. The number of fused-ring (bicyclic) bond motifs is 1. The minimum Gasteiger partial charge on any atom is -0.508 e. The molecule has 6 heteroatoms. The predicted molar refractivity (Wildman–Crippen MR) is 99.4 cm³/mol. The highest BCUT2D eigenvalue weighted by atomic mass is 16.5. The molecule has 1 heterocycles. The second kappa shape index (κ2) is 6.78. The number of rotatable bonds is 4. The first-order valence-corrected chi connectivity index (χ1v) is 8.52. The molecule has 1 unspecified atom stereocenters. The molecule has 1 aromatic heterocycles. The SMILES string of the molecule is COC(=O)CC(c1cc(O)ccc1-n1nc2ccccc2n1)C(C)(C)C. The van der Waals surface area contributed by atoms with Crippen LogP contribution in [-0.4, -0.2) is 33.2 Å². The number of aromatic nitrogens is 3. The van der Waals surface area contributed by atoms with E-state index in [1.54, 1.807) is 23.0 Å². The van der Waals surface area contributed by atoms with E-state index in [0.717, 1.165) is 22.3 Å². The second-order valence-electron chi connectivity index (χ2n) is 7.42. The number of phenols is 1. The van der Waals surface area contributed by atoms with Gasteiger partial charge in [0.25, 0.3) is 0 Å². The monoisotopic (exact) mass is 353 g/mol.